The van der Waals surface area contributed by atoms with Crippen LogP contribution in [0.2, 0.25) is 0 Å². The van der Waals surface area contributed by atoms with Crippen LogP contribution in [-0.2, 0) is 4.79 Å². The quantitative estimate of drug-likeness (QED) is 0.557. The summed E-state index contributed by atoms with van der Waals surface area (Å²) < 4.78 is 6.32. The van der Waals surface area contributed by atoms with E-state index in [9.17, 15) is 4.79 Å². The van der Waals surface area contributed by atoms with E-state index in [1.54, 1.807) is 18.3 Å². The monoisotopic (exact) mass is 206 g/mol. The maximum absolute atomic E-state index is 11.0. The number of hydrogen-bond acceptors (Lipinski definition) is 3. The van der Waals surface area contributed by atoms with Gasteiger partial charge in [-0.1, -0.05) is 6.92 Å². The summed E-state index contributed by atoms with van der Waals surface area (Å²) in [5, 5.41) is 3.15. The van der Waals surface area contributed by atoms with Gasteiger partial charge in [-0.05, 0) is 35.0 Å². The molecule has 3 heteroatoms. The van der Waals surface area contributed by atoms with Crippen LogP contribution in [-0.4, -0.2) is 5.97 Å². The third kappa shape index (κ3) is 1.77. The first kappa shape index (κ1) is 9.21. The molecule has 0 radical (unpaired) electrons. The summed E-state index contributed by atoms with van der Waals surface area (Å²) in [6.45, 7) is 1.78. The first-order valence-electron chi connectivity index (χ1n) is 4.47. The van der Waals surface area contributed by atoms with Crippen molar-refractivity contribution in [3.8, 4) is 5.75 Å². The summed E-state index contributed by atoms with van der Waals surface area (Å²) in [5.41, 5.74) is 0. The van der Waals surface area contributed by atoms with Crippen molar-refractivity contribution in [2.45, 2.75) is 13.3 Å². The van der Waals surface area contributed by atoms with Gasteiger partial charge in [0.15, 0.2) is 0 Å². The number of esters is 1. The van der Waals surface area contributed by atoms with E-state index in [-0.39, 0.29) is 5.97 Å². The predicted molar refractivity (Wildman–Crippen MR) is 57.8 cm³/mol. The molecule has 72 valence electrons. The van der Waals surface area contributed by atoms with Gasteiger partial charge >= 0.3 is 5.97 Å². The second kappa shape index (κ2) is 3.80. The fourth-order valence-electron chi connectivity index (χ4n) is 1.21. The number of rotatable bonds is 2. The van der Waals surface area contributed by atoms with Gasteiger partial charge in [0, 0.05) is 11.1 Å². The van der Waals surface area contributed by atoms with Crippen molar-refractivity contribution in [2.75, 3.05) is 0 Å². The number of thiophene rings is 1. The summed E-state index contributed by atoms with van der Waals surface area (Å²) in [7, 11) is 0. The van der Waals surface area contributed by atoms with Crippen molar-refractivity contribution in [1.82, 2.24) is 0 Å². The molecule has 2 aromatic rings. The Labute approximate surface area is 86.1 Å². The molecule has 2 rings (SSSR count). The molecular weight excluding hydrogens is 196 g/mol. The Morgan fingerprint density at radius 3 is 3.07 bits per heavy atom. The largest absolute Gasteiger partial charge is 0.427 e. The lowest BCUT2D eigenvalue weighted by atomic mass is 10.2. The van der Waals surface area contributed by atoms with Gasteiger partial charge < -0.3 is 4.74 Å². The summed E-state index contributed by atoms with van der Waals surface area (Å²) >= 11 is 1.68. The minimum Gasteiger partial charge on any atom is -0.427 e. The Morgan fingerprint density at radius 2 is 2.29 bits per heavy atom. The topological polar surface area (TPSA) is 26.3 Å². The van der Waals surface area contributed by atoms with Gasteiger partial charge in [-0.25, -0.2) is 0 Å². The first-order chi connectivity index (χ1) is 6.79. The molecule has 0 unspecified atom stereocenters. The molecule has 0 amide bonds. The molecule has 14 heavy (non-hydrogen) atoms. The van der Waals surface area contributed by atoms with Crippen LogP contribution in [0.3, 0.4) is 0 Å². The molecule has 0 aliphatic heterocycles. The number of fused-ring (bicyclic) bond motifs is 1. The molecule has 0 N–H and O–H groups in total. The lowest BCUT2D eigenvalue weighted by molar-refractivity contribution is -0.134. The fourth-order valence-corrected chi connectivity index (χ4v) is 1.98. The van der Waals surface area contributed by atoms with Gasteiger partial charge in [-0.2, -0.15) is 0 Å². The molecular formula is C11H10O2S. The summed E-state index contributed by atoms with van der Waals surface area (Å²) in [4.78, 5) is 11.0. The molecule has 1 aromatic heterocycles. The van der Waals surface area contributed by atoms with Gasteiger partial charge in [-0.3, -0.25) is 4.79 Å². The highest BCUT2D eigenvalue weighted by atomic mass is 32.1. The van der Waals surface area contributed by atoms with Crippen LogP contribution in [0.1, 0.15) is 13.3 Å². The average Bonchev–Trinajstić information content (AvgIpc) is 2.64. The normalized spacial score (nSPS) is 10.4. The summed E-state index contributed by atoms with van der Waals surface area (Å²) in [5.74, 6) is 0.433. The maximum atomic E-state index is 11.0. The highest BCUT2D eigenvalue weighted by Crippen LogP contribution is 2.25. The Kier molecular flexibility index (Phi) is 2.50. The van der Waals surface area contributed by atoms with E-state index in [0.717, 1.165) is 5.39 Å². The Morgan fingerprint density at radius 1 is 1.43 bits per heavy atom. The van der Waals surface area contributed by atoms with Crippen molar-refractivity contribution >= 4 is 27.4 Å². The minimum atomic E-state index is -0.195. The molecule has 0 saturated heterocycles. The lowest BCUT2D eigenvalue weighted by Gasteiger charge is -2.01. The zero-order chi connectivity index (χ0) is 9.97. The third-order valence-electron chi connectivity index (χ3n) is 1.94. The van der Waals surface area contributed by atoms with Crippen molar-refractivity contribution in [1.29, 1.82) is 0 Å². The standard InChI is InChI=1S/C11H10O2S/c1-2-11(12)13-9-3-4-10-8(7-9)5-6-14-10/h3-7H,2H2,1H3. The highest BCUT2D eigenvalue weighted by Gasteiger charge is 2.02. The van der Waals surface area contributed by atoms with Gasteiger partial charge in [-0.15, -0.1) is 11.3 Å². The SMILES string of the molecule is CCC(=O)Oc1ccc2sccc2c1. The zero-order valence-corrected chi connectivity index (χ0v) is 8.64. The van der Waals surface area contributed by atoms with Gasteiger partial charge in [0.2, 0.25) is 0 Å². The number of benzene rings is 1. The van der Waals surface area contributed by atoms with E-state index in [1.165, 1.54) is 4.70 Å². The molecule has 0 aliphatic rings. The number of carbonyl (C=O) groups is 1. The van der Waals surface area contributed by atoms with E-state index in [1.807, 2.05) is 29.6 Å². The van der Waals surface area contributed by atoms with E-state index in [4.69, 9.17) is 4.74 Å². The van der Waals surface area contributed by atoms with Crippen LogP contribution in [0.4, 0.5) is 0 Å². The van der Waals surface area contributed by atoms with E-state index >= 15 is 0 Å². The van der Waals surface area contributed by atoms with Crippen LogP contribution in [0.15, 0.2) is 29.6 Å². The Balaban J connectivity index is 2.30. The molecule has 0 aliphatic carbocycles. The van der Waals surface area contributed by atoms with Crippen molar-refractivity contribution in [3.05, 3.63) is 29.6 Å². The smallest absolute Gasteiger partial charge is 0.310 e. The Hall–Kier alpha value is -1.35. The average molecular weight is 206 g/mol. The van der Waals surface area contributed by atoms with E-state index in [2.05, 4.69) is 0 Å². The summed E-state index contributed by atoms with van der Waals surface area (Å²) in [6, 6.07) is 7.70. The molecule has 0 spiro atoms. The lowest BCUT2D eigenvalue weighted by Crippen LogP contribution is -2.04. The second-order valence-electron chi connectivity index (χ2n) is 2.95. The molecule has 0 saturated carbocycles. The highest BCUT2D eigenvalue weighted by molar-refractivity contribution is 7.17. The van der Waals surface area contributed by atoms with Crippen LogP contribution < -0.4 is 4.74 Å². The van der Waals surface area contributed by atoms with Gasteiger partial charge in [0.05, 0.1) is 0 Å². The van der Waals surface area contributed by atoms with Crippen LogP contribution in [0, 0.1) is 0 Å². The fraction of sp³-hybridized carbons (Fsp3) is 0.182. The Bertz CT molecular complexity index is 459. The zero-order valence-electron chi connectivity index (χ0n) is 7.82. The second-order valence-corrected chi connectivity index (χ2v) is 3.90. The molecule has 0 atom stereocenters. The van der Waals surface area contributed by atoms with Gasteiger partial charge in [0.1, 0.15) is 5.75 Å². The molecule has 0 fully saturated rings. The van der Waals surface area contributed by atoms with Crippen molar-refractivity contribution in [2.24, 2.45) is 0 Å². The molecule has 2 nitrogen and oxygen atoms in total. The van der Waals surface area contributed by atoms with Crippen LogP contribution >= 0.6 is 11.3 Å². The number of ether oxygens (including phenoxy) is 1. The first-order valence-corrected chi connectivity index (χ1v) is 5.35. The van der Waals surface area contributed by atoms with Crippen LogP contribution in [0.25, 0.3) is 10.1 Å². The molecule has 1 aromatic carbocycles. The maximum Gasteiger partial charge on any atom is 0.310 e. The molecule has 1 heterocycles. The minimum absolute atomic E-state index is 0.195. The van der Waals surface area contributed by atoms with Crippen LogP contribution in [0.5, 0.6) is 5.75 Å². The summed E-state index contributed by atoms with van der Waals surface area (Å²) in [6.07, 6.45) is 0.404. The number of carbonyl (C=O) groups excluding carboxylic acids is 1. The molecule has 0 bridgehead atoms. The van der Waals surface area contributed by atoms with Crippen molar-refractivity contribution < 1.29 is 9.53 Å². The van der Waals surface area contributed by atoms with E-state index in [0.29, 0.717) is 12.2 Å². The van der Waals surface area contributed by atoms with Gasteiger partial charge in [0.25, 0.3) is 0 Å². The third-order valence-corrected chi connectivity index (χ3v) is 2.84. The van der Waals surface area contributed by atoms with E-state index < -0.39 is 0 Å². The predicted octanol–water partition coefficient (Wildman–Crippen LogP) is 3.22. The van der Waals surface area contributed by atoms with Crippen molar-refractivity contribution in [3.63, 3.8) is 0 Å². The number of hydrogen-bond donors (Lipinski definition) is 0.